The molecule has 138 valence electrons. The lowest BCUT2D eigenvalue weighted by Gasteiger charge is -2.21. The van der Waals surface area contributed by atoms with Gasteiger partial charge in [0.2, 0.25) is 0 Å². The van der Waals surface area contributed by atoms with E-state index in [0.29, 0.717) is 6.54 Å². The van der Waals surface area contributed by atoms with E-state index in [9.17, 15) is 0 Å². The van der Waals surface area contributed by atoms with Crippen molar-refractivity contribution in [2.45, 2.75) is 24.8 Å². The van der Waals surface area contributed by atoms with Crippen LogP contribution in [0.5, 0.6) is 0 Å². The van der Waals surface area contributed by atoms with Gasteiger partial charge in [0, 0.05) is 55.9 Å². The summed E-state index contributed by atoms with van der Waals surface area (Å²) in [5.74, 6) is 1.79. The summed E-state index contributed by atoms with van der Waals surface area (Å²) < 4.78 is 1.19. The first-order valence-corrected chi connectivity index (χ1v) is 9.66. The van der Waals surface area contributed by atoms with Gasteiger partial charge >= 0.3 is 0 Å². The van der Waals surface area contributed by atoms with Crippen molar-refractivity contribution in [3.8, 4) is 0 Å². The second-order valence-corrected chi connectivity index (χ2v) is 7.77. The van der Waals surface area contributed by atoms with Gasteiger partial charge in [0.15, 0.2) is 5.96 Å². The number of pyridine rings is 1. The van der Waals surface area contributed by atoms with E-state index in [0.717, 1.165) is 23.9 Å². The normalized spacial score (nSPS) is 15.5. The molecule has 0 aliphatic heterocycles. The Balaban J connectivity index is 1.61. The van der Waals surface area contributed by atoms with Gasteiger partial charge in [0.1, 0.15) is 5.82 Å². The maximum absolute atomic E-state index is 4.45. The van der Waals surface area contributed by atoms with Gasteiger partial charge in [-0.2, -0.15) is 0 Å². The molecule has 1 aromatic carbocycles. The Morgan fingerprint density at radius 2 is 1.96 bits per heavy atom. The Morgan fingerprint density at radius 3 is 2.62 bits per heavy atom. The van der Waals surface area contributed by atoms with Crippen LogP contribution in [-0.4, -0.2) is 38.6 Å². The van der Waals surface area contributed by atoms with Crippen molar-refractivity contribution in [1.82, 2.24) is 15.6 Å². The Bertz CT molecular complexity index is 783. The molecule has 0 bridgehead atoms. The molecule has 1 aliphatic carbocycles. The summed E-state index contributed by atoms with van der Waals surface area (Å²) >= 11 is 3.69. The van der Waals surface area contributed by atoms with E-state index in [1.165, 1.54) is 22.9 Å². The van der Waals surface area contributed by atoms with E-state index < -0.39 is 0 Å². The first kappa shape index (κ1) is 18.7. The molecule has 0 spiro atoms. The lowest BCUT2D eigenvalue weighted by molar-refractivity contribution is 0.643. The molecule has 1 fully saturated rings. The molecular weight excluding hydrogens is 390 g/mol. The average Bonchev–Trinajstić information content (AvgIpc) is 3.43. The van der Waals surface area contributed by atoms with Gasteiger partial charge in [0.25, 0.3) is 0 Å². The molecule has 2 aromatic rings. The fourth-order valence-corrected chi connectivity index (χ4v) is 3.91. The second-order valence-electron chi connectivity index (χ2n) is 6.92. The number of benzene rings is 1. The molecule has 26 heavy (non-hydrogen) atoms. The highest BCUT2D eigenvalue weighted by molar-refractivity contribution is 9.10. The minimum Gasteiger partial charge on any atom is -0.362 e. The third kappa shape index (κ3) is 4.18. The Kier molecular flexibility index (Phi) is 5.81. The summed E-state index contributed by atoms with van der Waals surface area (Å²) in [6.45, 7) is 1.56. The Hall–Kier alpha value is -2.08. The van der Waals surface area contributed by atoms with Crippen LogP contribution in [0, 0.1) is 0 Å². The zero-order chi connectivity index (χ0) is 18.6. The van der Waals surface area contributed by atoms with Crippen LogP contribution < -0.4 is 15.5 Å². The highest BCUT2D eigenvalue weighted by Gasteiger charge is 2.45. The van der Waals surface area contributed by atoms with Crippen LogP contribution >= 0.6 is 15.9 Å². The zero-order valence-electron chi connectivity index (χ0n) is 15.6. The standard InChI is InChI=1S/C20H26BrN5/c1-22-19(24-13-15-7-6-12-23-18(15)26(2)3)25-14-20(10-11-20)16-8-4-5-9-17(16)21/h4-9,12H,10-11,13-14H2,1-3H3,(H2,22,24,25). The highest BCUT2D eigenvalue weighted by Crippen LogP contribution is 2.49. The maximum Gasteiger partial charge on any atom is 0.191 e. The number of nitrogens with zero attached hydrogens (tertiary/aromatic N) is 3. The summed E-state index contributed by atoms with van der Waals surface area (Å²) in [4.78, 5) is 10.8. The van der Waals surface area contributed by atoms with Gasteiger partial charge in [-0.15, -0.1) is 0 Å². The van der Waals surface area contributed by atoms with Crippen LogP contribution in [0.15, 0.2) is 52.1 Å². The van der Waals surface area contributed by atoms with Crippen molar-refractivity contribution in [2.24, 2.45) is 4.99 Å². The number of halogens is 1. The number of anilines is 1. The van der Waals surface area contributed by atoms with Gasteiger partial charge in [-0.3, -0.25) is 4.99 Å². The number of rotatable bonds is 6. The van der Waals surface area contributed by atoms with Crippen molar-refractivity contribution in [2.75, 3.05) is 32.6 Å². The maximum atomic E-state index is 4.45. The first-order chi connectivity index (χ1) is 12.6. The smallest absolute Gasteiger partial charge is 0.191 e. The first-order valence-electron chi connectivity index (χ1n) is 8.86. The van der Waals surface area contributed by atoms with Gasteiger partial charge < -0.3 is 15.5 Å². The van der Waals surface area contributed by atoms with E-state index in [2.05, 4.69) is 66.9 Å². The quantitative estimate of drug-likeness (QED) is 0.561. The number of hydrogen-bond donors (Lipinski definition) is 2. The second kappa shape index (κ2) is 8.08. The molecule has 1 heterocycles. The molecular formula is C20H26BrN5. The van der Waals surface area contributed by atoms with Crippen molar-refractivity contribution >= 4 is 27.7 Å². The van der Waals surface area contributed by atoms with E-state index in [1.54, 1.807) is 0 Å². The molecule has 1 aromatic heterocycles. The molecule has 0 amide bonds. The molecule has 0 unspecified atom stereocenters. The molecule has 0 saturated heterocycles. The minimum absolute atomic E-state index is 0.209. The molecule has 5 nitrogen and oxygen atoms in total. The number of guanidine groups is 1. The van der Waals surface area contributed by atoms with Crippen LogP contribution in [0.1, 0.15) is 24.0 Å². The van der Waals surface area contributed by atoms with E-state index in [-0.39, 0.29) is 5.41 Å². The summed E-state index contributed by atoms with van der Waals surface area (Å²) in [7, 11) is 5.82. The zero-order valence-corrected chi connectivity index (χ0v) is 17.2. The lowest BCUT2D eigenvalue weighted by atomic mass is 9.96. The number of hydrogen-bond acceptors (Lipinski definition) is 3. The fraction of sp³-hybridized carbons (Fsp3) is 0.400. The summed E-state index contributed by atoms with van der Waals surface area (Å²) in [6, 6.07) is 12.6. The fourth-order valence-electron chi connectivity index (χ4n) is 3.21. The molecule has 0 radical (unpaired) electrons. The van der Waals surface area contributed by atoms with Crippen molar-refractivity contribution in [1.29, 1.82) is 0 Å². The Morgan fingerprint density at radius 1 is 1.19 bits per heavy atom. The number of aliphatic imine (C=N–C) groups is 1. The van der Waals surface area contributed by atoms with Gasteiger partial charge in [-0.05, 0) is 30.5 Å². The molecule has 2 N–H and O–H groups in total. The highest BCUT2D eigenvalue weighted by atomic mass is 79.9. The predicted octanol–water partition coefficient (Wildman–Crippen LogP) is 3.31. The lowest BCUT2D eigenvalue weighted by Crippen LogP contribution is -2.41. The van der Waals surface area contributed by atoms with Crippen LogP contribution in [-0.2, 0) is 12.0 Å². The Labute approximate surface area is 164 Å². The summed E-state index contributed by atoms with van der Waals surface area (Å²) in [5, 5.41) is 6.91. The van der Waals surface area contributed by atoms with E-state index >= 15 is 0 Å². The molecule has 3 rings (SSSR count). The largest absolute Gasteiger partial charge is 0.362 e. The number of nitrogens with one attached hydrogen (secondary N) is 2. The van der Waals surface area contributed by atoms with Crippen molar-refractivity contribution < 1.29 is 0 Å². The summed E-state index contributed by atoms with van der Waals surface area (Å²) in [5.41, 5.74) is 2.73. The van der Waals surface area contributed by atoms with Crippen LogP contribution in [0.2, 0.25) is 0 Å². The molecule has 0 atom stereocenters. The molecule has 1 aliphatic rings. The summed E-state index contributed by atoms with van der Waals surface area (Å²) in [6.07, 6.45) is 4.22. The van der Waals surface area contributed by atoms with Crippen molar-refractivity contribution in [3.63, 3.8) is 0 Å². The number of aromatic nitrogens is 1. The van der Waals surface area contributed by atoms with Crippen LogP contribution in [0.3, 0.4) is 0 Å². The van der Waals surface area contributed by atoms with Gasteiger partial charge in [0.05, 0.1) is 0 Å². The minimum atomic E-state index is 0.209. The van der Waals surface area contributed by atoms with Gasteiger partial charge in [-0.1, -0.05) is 40.2 Å². The van der Waals surface area contributed by atoms with E-state index in [1.807, 2.05) is 38.3 Å². The molecule has 1 saturated carbocycles. The van der Waals surface area contributed by atoms with Crippen LogP contribution in [0.4, 0.5) is 5.82 Å². The topological polar surface area (TPSA) is 52.6 Å². The third-order valence-electron chi connectivity index (χ3n) is 4.85. The monoisotopic (exact) mass is 415 g/mol. The third-order valence-corrected chi connectivity index (χ3v) is 5.55. The van der Waals surface area contributed by atoms with E-state index in [4.69, 9.17) is 0 Å². The van der Waals surface area contributed by atoms with Crippen molar-refractivity contribution in [3.05, 3.63) is 58.2 Å². The molecule has 6 heteroatoms. The SMILES string of the molecule is CN=C(NCc1cccnc1N(C)C)NCC1(c2ccccc2Br)CC1. The predicted molar refractivity (Wildman–Crippen MR) is 112 cm³/mol. The van der Waals surface area contributed by atoms with Crippen LogP contribution in [0.25, 0.3) is 0 Å². The van der Waals surface area contributed by atoms with Gasteiger partial charge in [-0.25, -0.2) is 4.98 Å². The average molecular weight is 416 g/mol.